The van der Waals surface area contributed by atoms with Crippen LogP contribution in [-0.4, -0.2) is 76.7 Å². The molecule has 0 spiro atoms. The molecule has 7 nitrogen and oxygen atoms in total. The second-order valence-electron chi connectivity index (χ2n) is 7.20. The molecule has 1 aromatic heterocycles. The number of pyridine rings is 1. The number of aromatic nitrogens is 1. The SMILES string of the molecule is C=CC(=O)N1CCN(C(C)=O)C(c2cc(Cl)nc(C3=CC=N[C@@H](C(F)(F)F)N3C)c2)C1. The number of hydrogen-bond donors (Lipinski definition) is 0. The average molecular weight is 456 g/mol. The molecule has 3 heterocycles. The summed E-state index contributed by atoms with van der Waals surface area (Å²) < 4.78 is 39.9. The van der Waals surface area contributed by atoms with Crippen LogP contribution in [0.15, 0.2) is 35.9 Å². The van der Waals surface area contributed by atoms with Crippen molar-refractivity contribution in [3.05, 3.63) is 47.3 Å². The van der Waals surface area contributed by atoms with Crippen LogP contribution in [0.25, 0.3) is 5.70 Å². The number of halogens is 4. The van der Waals surface area contributed by atoms with Crippen molar-refractivity contribution < 1.29 is 22.8 Å². The third-order valence-corrected chi connectivity index (χ3v) is 5.43. The van der Waals surface area contributed by atoms with E-state index in [2.05, 4.69) is 16.6 Å². The molecule has 0 aliphatic carbocycles. The highest BCUT2D eigenvalue weighted by molar-refractivity contribution is 6.29. The lowest BCUT2D eigenvalue weighted by molar-refractivity contribution is -0.170. The standard InChI is InChI=1S/C20H21ClF3N5O2/c1-4-18(31)28-7-8-29(12(2)30)16(11-28)13-9-14(26-17(21)10-13)15-5-6-25-19(27(15)3)20(22,23)24/h4-6,9-10,16,19H,1,7-8,11H2,2-3H3/t16?,19-/m1/s1. The monoisotopic (exact) mass is 455 g/mol. The van der Waals surface area contributed by atoms with Gasteiger partial charge < -0.3 is 14.7 Å². The predicted molar refractivity (Wildman–Crippen MR) is 110 cm³/mol. The fourth-order valence-electron chi connectivity index (χ4n) is 3.73. The number of carbonyl (C=O) groups is 2. The minimum Gasteiger partial charge on any atom is -0.344 e. The number of carbonyl (C=O) groups excluding carboxylic acids is 2. The van der Waals surface area contributed by atoms with Crippen LogP contribution in [0.1, 0.15) is 24.2 Å². The van der Waals surface area contributed by atoms with Crippen molar-refractivity contribution in [1.82, 2.24) is 19.7 Å². The minimum absolute atomic E-state index is 0.0588. The number of rotatable bonds is 3. The average Bonchev–Trinajstić information content (AvgIpc) is 2.71. The van der Waals surface area contributed by atoms with E-state index in [-0.39, 0.29) is 34.9 Å². The van der Waals surface area contributed by atoms with E-state index in [4.69, 9.17) is 11.6 Å². The van der Waals surface area contributed by atoms with Gasteiger partial charge in [0, 0.05) is 39.8 Å². The fraction of sp³-hybridized carbons (Fsp3) is 0.400. The van der Waals surface area contributed by atoms with Gasteiger partial charge >= 0.3 is 6.18 Å². The Morgan fingerprint density at radius 3 is 2.61 bits per heavy atom. The van der Waals surface area contributed by atoms with Crippen molar-refractivity contribution in [3.8, 4) is 0 Å². The molecular formula is C20H21ClF3N5O2. The second kappa shape index (κ2) is 8.70. The van der Waals surface area contributed by atoms with Crippen LogP contribution in [0.2, 0.25) is 5.15 Å². The molecule has 1 fully saturated rings. The molecule has 0 radical (unpaired) electrons. The van der Waals surface area contributed by atoms with E-state index >= 15 is 0 Å². The first kappa shape index (κ1) is 22.8. The zero-order valence-electron chi connectivity index (χ0n) is 16.9. The molecule has 2 amide bonds. The molecule has 1 unspecified atom stereocenters. The lowest BCUT2D eigenvalue weighted by Crippen LogP contribution is -2.51. The first-order chi connectivity index (χ1) is 14.5. The van der Waals surface area contributed by atoms with Crippen molar-refractivity contribution in [1.29, 1.82) is 0 Å². The van der Waals surface area contributed by atoms with Crippen LogP contribution in [0.5, 0.6) is 0 Å². The van der Waals surface area contributed by atoms with Crippen molar-refractivity contribution in [2.24, 2.45) is 4.99 Å². The molecule has 0 saturated carbocycles. The molecule has 2 atom stereocenters. The summed E-state index contributed by atoms with van der Waals surface area (Å²) in [6.45, 7) is 5.77. The van der Waals surface area contributed by atoms with Gasteiger partial charge in [-0.15, -0.1) is 0 Å². The quantitative estimate of drug-likeness (QED) is 0.519. The number of aliphatic imine (C=N–C) groups is 1. The lowest BCUT2D eigenvalue weighted by atomic mass is 10.0. The first-order valence-electron chi connectivity index (χ1n) is 9.42. The van der Waals surface area contributed by atoms with Crippen LogP contribution < -0.4 is 0 Å². The number of alkyl halides is 3. The van der Waals surface area contributed by atoms with E-state index in [1.165, 1.54) is 26.1 Å². The van der Waals surface area contributed by atoms with Gasteiger partial charge in [0.25, 0.3) is 0 Å². The molecule has 0 aromatic carbocycles. The second-order valence-corrected chi connectivity index (χ2v) is 7.59. The third-order valence-electron chi connectivity index (χ3n) is 5.23. The molecule has 31 heavy (non-hydrogen) atoms. The van der Waals surface area contributed by atoms with Crippen molar-refractivity contribution >= 4 is 35.3 Å². The summed E-state index contributed by atoms with van der Waals surface area (Å²) in [7, 11) is 1.27. The summed E-state index contributed by atoms with van der Waals surface area (Å²) in [4.78, 5) is 36.1. The Bertz CT molecular complexity index is 963. The van der Waals surface area contributed by atoms with Crippen LogP contribution in [0, 0.1) is 0 Å². The Morgan fingerprint density at radius 2 is 2.00 bits per heavy atom. The highest BCUT2D eigenvalue weighted by atomic mass is 35.5. The summed E-state index contributed by atoms with van der Waals surface area (Å²) in [6, 6.07) is 2.60. The Labute approximate surface area is 182 Å². The van der Waals surface area contributed by atoms with Gasteiger partial charge in [-0.2, -0.15) is 13.2 Å². The maximum Gasteiger partial charge on any atom is 0.429 e. The van der Waals surface area contributed by atoms with E-state index < -0.39 is 18.4 Å². The van der Waals surface area contributed by atoms with E-state index in [1.54, 1.807) is 21.9 Å². The van der Waals surface area contributed by atoms with Gasteiger partial charge in [-0.1, -0.05) is 18.2 Å². The minimum atomic E-state index is -4.56. The summed E-state index contributed by atoms with van der Waals surface area (Å²) in [5.74, 6) is -0.462. The maximum absolute atomic E-state index is 13.3. The molecule has 11 heteroatoms. The molecule has 0 N–H and O–H groups in total. The van der Waals surface area contributed by atoms with Gasteiger partial charge in [-0.25, -0.2) is 4.98 Å². The molecule has 3 rings (SSSR count). The van der Waals surface area contributed by atoms with Crippen LogP contribution >= 0.6 is 11.6 Å². The van der Waals surface area contributed by atoms with Gasteiger partial charge in [0.1, 0.15) is 5.15 Å². The van der Waals surface area contributed by atoms with Crippen LogP contribution in [0.4, 0.5) is 13.2 Å². The van der Waals surface area contributed by atoms with Gasteiger partial charge in [0.05, 0.1) is 17.4 Å². The lowest BCUT2D eigenvalue weighted by Gasteiger charge is -2.41. The zero-order chi connectivity index (χ0) is 22.9. The summed E-state index contributed by atoms with van der Waals surface area (Å²) in [5.41, 5.74) is 0.957. The summed E-state index contributed by atoms with van der Waals surface area (Å²) in [6.07, 6.45) is -2.90. The van der Waals surface area contributed by atoms with Gasteiger partial charge in [0.15, 0.2) is 0 Å². The number of piperazine rings is 1. The third kappa shape index (κ3) is 4.73. The molecule has 2 aliphatic rings. The molecule has 1 aromatic rings. The summed E-state index contributed by atoms with van der Waals surface area (Å²) in [5, 5.41) is 0.0588. The van der Waals surface area contributed by atoms with Crippen LogP contribution in [0.3, 0.4) is 0 Å². The van der Waals surface area contributed by atoms with Gasteiger partial charge in [-0.3, -0.25) is 14.6 Å². The zero-order valence-corrected chi connectivity index (χ0v) is 17.7. The highest BCUT2D eigenvalue weighted by Crippen LogP contribution is 2.34. The number of nitrogens with zero attached hydrogens (tertiary/aromatic N) is 5. The van der Waals surface area contributed by atoms with E-state index in [9.17, 15) is 22.8 Å². The number of amides is 2. The molecule has 166 valence electrons. The smallest absolute Gasteiger partial charge is 0.344 e. The number of allylic oxidation sites excluding steroid dienone is 1. The van der Waals surface area contributed by atoms with Crippen molar-refractivity contribution in [3.63, 3.8) is 0 Å². The van der Waals surface area contributed by atoms with Crippen molar-refractivity contribution in [2.75, 3.05) is 26.7 Å². The van der Waals surface area contributed by atoms with Gasteiger partial charge in [0.2, 0.25) is 18.0 Å². The normalized spacial score (nSPS) is 21.7. The first-order valence-corrected chi connectivity index (χ1v) is 9.80. The largest absolute Gasteiger partial charge is 0.429 e. The topological polar surface area (TPSA) is 69.1 Å². The van der Waals surface area contributed by atoms with Crippen LogP contribution in [-0.2, 0) is 9.59 Å². The number of hydrogen-bond acceptors (Lipinski definition) is 5. The Morgan fingerprint density at radius 1 is 1.29 bits per heavy atom. The fourth-order valence-corrected chi connectivity index (χ4v) is 3.95. The van der Waals surface area contributed by atoms with E-state index in [0.29, 0.717) is 18.7 Å². The predicted octanol–water partition coefficient (Wildman–Crippen LogP) is 2.90. The maximum atomic E-state index is 13.3. The Kier molecular flexibility index (Phi) is 6.40. The Hall–Kier alpha value is -2.88. The van der Waals surface area contributed by atoms with Gasteiger partial charge in [-0.05, 0) is 29.8 Å². The van der Waals surface area contributed by atoms with Crippen molar-refractivity contribution in [2.45, 2.75) is 25.3 Å². The van der Waals surface area contributed by atoms with E-state index in [0.717, 1.165) is 11.1 Å². The Balaban J connectivity index is 2.00. The molecule has 1 saturated heterocycles. The molecule has 2 aliphatic heterocycles. The highest BCUT2D eigenvalue weighted by Gasteiger charge is 2.44. The summed E-state index contributed by atoms with van der Waals surface area (Å²) >= 11 is 6.20. The molecule has 0 bridgehead atoms. The molecular weight excluding hydrogens is 435 g/mol. The van der Waals surface area contributed by atoms with E-state index in [1.807, 2.05) is 0 Å².